The molecule has 1 N–H and O–H groups in total. The zero-order valence-corrected chi connectivity index (χ0v) is 12.8. The second kappa shape index (κ2) is 8.62. The lowest BCUT2D eigenvalue weighted by atomic mass is 10.1. The van der Waals surface area contributed by atoms with Gasteiger partial charge in [-0.3, -0.25) is 4.79 Å². The fourth-order valence-electron chi connectivity index (χ4n) is 2.60. The Labute approximate surface area is 126 Å². The number of carbonyl (C=O) groups excluding carboxylic acids is 1. The number of rotatable bonds is 7. The Balaban J connectivity index is 1.74. The highest BCUT2D eigenvalue weighted by molar-refractivity contribution is 5.96. The number of nitrogens with zero attached hydrogens (tertiary/aromatic N) is 2. The Bertz CT molecular complexity index is 445. The highest BCUT2D eigenvalue weighted by Gasteiger charge is 2.13. The highest BCUT2D eigenvalue weighted by atomic mass is 16.5. The number of carbonyl (C=O) groups is 1. The monoisotopic (exact) mass is 291 g/mol. The largest absolute Gasteiger partial charge is 0.477 e. The third kappa shape index (κ3) is 5.01. The fraction of sp³-hybridized carbons (Fsp3) is 0.625. The summed E-state index contributed by atoms with van der Waals surface area (Å²) in [4.78, 5) is 18.7. The number of piperidine rings is 1. The maximum atomic E-state index is 12.1. The van der Waals surface area contributed by atoms with Crippen LogP contribution in [0.5, 0.6) is 5.88 Å². The Morgan fingerprint density at radius 1 is 1.38 bits per heavy atom. The quantitative estimate of drug-likeness (QED) is 0.782. The summed E-state index contributed by atoms with van der Waals surface area (Å²) in [6.07, 6.45) is 6.59. The molecule has 2 heterocycles. The second-order valence-corrected chi connectivity index (χ2v) is 5.30. The molecule has 21 heavy (non-hydrogen) atoms. The van der Waals surface area contributed by atoms with Crippen molar-refractivity contribution in [3.63, 3.8) is 0 Å². The van der Waals surface area contributed by atoms with E-state index in [4.69, 9.17) is 4.74 Å². The number of hydrogen-bond donors (Lipinski definition) is 1. The third-order valence-electron chi connectivity index (χ3n) is 3.68. The van der Waals surface area contributed by atoms with Gasteiger partial charge in [-0.15, -0.1) is 0 Å². The van der Waals surface area contributed by atoms with Crippen LogP contribution in [-0.4, -0.2) is 48.6 Å². The standard InChI is InChI=1S/C16H25N3O2/c1-2-21-16-14(8-6-9-18-16)15(20)17-10-7-13-19-11-4-3-5-12-19/h6,8-9H,2-5,7,10-13H2,1H3,(H,17,20). The number of likely N-dealkylation sites (tertiary alicyclic amines) is 1. The molecular weight excluding hydrogens is 266 g/mol. The van der Waals surface area contributed by atoms with Gasteiger partial charge >= 0.3 is 0 Å². The molecule has 0 radical (unpaired) electrons. The van der Waals surface area contributed by atoms with Crippen LogP contribution in [0.4, 0.5) is 0 Å². The van der Waals surface area contributed by atoms with Gasteiger partial charge in [0, 0.05) is 12.7 Å². The number of amides is 1. The molecule has 5 heteroatoms. The lowest BCUT2D eigenvalue weighted by Crippen LogP contribution is -2.33. The molecule has 1 aromatic heterocycles. The van der Waals surface area contributed by atoms with Crippen LogP contribution >= 0.6 is 0 Å². The Hall–Kier alpha value is -1.62. The minimum Gasteiger partial charge on any atom is -0.477 e. The summed E-state index contributed by atoms with van der Waals surface area (Å²) in [7, 11) is 0. The summed E-state index contributed by atoms with van der Waals surface area (Å²) in [6, 6.07) is 3.50. The number of aromatic nitrogens is 1. The average Bonchev–Trinajstić information content (AvgIpc) is 2.53. The molecule has 1 saturated heterocycles. The first-order valence-electron chi connectivity index (χ1n) is 7.89. The molecule has 116 valence electrons. The molecule has 2 rings (SSSR count). The van der Waals surface area contributed by atoms with E-state index < -0.39 is 0 Å². The molecule has 0 saturated carbocycles. The van der Waals surface area contributed by atoms with Gasteiger partial charge in [-0.25, -0.2) is 4.98 Å². The van der Waals surface area contributed by atoms with Crippen LogP contribution in [0.1, 0.15) is 43.0 Å². The van der Waals surface area contributed by atoms with E-state index in [2.05, 4.69) is 15.2 Å². The molecule has 5 nitrogen and oxygen atoms in total. The smallest absolute Gasteiger partial charge is 0.256 e. The van der Waals surface area contributed by atoms with E-state index in [1.54, 1.807) is 18.3 Å². The number of hydrogen-bond acceptors (Lipinski definition) is 4. The van der Waals surface area contributed by atoms with E-state index >= 15 is 0 Å². The molecule has 1 amide bonds. The second-order valence-electron chi connectivity index (χ2n) is 5.30. The van der Waals surface area contributed by atoms with Gasteiger partial charge in [-0.1, -0.05) is 6.42 Å². The van der Waals surface area contributed by atoms with Gasteiger partial charge in [0.15, 0.2) is 0 Å². The number of ether oxygens (including phenoxy) is 1. The van der Waals surface area contributed by atoms with Gasteiger partial charge in [0.05, 0.1) is 6.61 Å². The lowest BCUT2D eigenvalue weighted by Gasteiger charge is -2.26. The maximum absolute atomic E-state index is 12.1. The molecule has 0 aromatic carbocycles. The van der Waals surface area contributed by atoms with Crippen LogP contribution in [0.15, 0.2) is 18.3 Å². The van der Waals surface area contributed by atoms with E-state index in [9.17, 15) is 4.79 Å². The van der Waals surface area contributed by atoms with Crippen molar-refractivity contribution in [2.75, 3.05) is 32.8 Å². The molecule has 1 aliphatic heterocycles. The highest BCUT2D eigenvalue weighted by Crippen LogP contribution is 2.14. The van der Waals surface area contributed by atoms with Crippen molar-refractivity contribution in [2.45, 2.75) is 32.6 Å². The summed E-state index contributed by atoms with van der Waals surface area (Å²) < 4.78 is 5.38. The van der Waals surface area contributed by atoms with Crippen molar-refractivity contribution in [1.82, 2.24) is 15.2 Å². The minimum atomic E-state index is -0.106. The van der Waals surface area contributed by atoms with E-state index in [1.807, 2.05) is 6.92 Å². The molecule has 0 spiro atoms. The third-order valence-corrected chi connectivity index (χ3v) is 3.68. The molecule has 1 aromatic rings. The Kier molecular flexibility index (Phi) is 6.47. The predicted octanol–water partition coefficient (Wildman–Crippen LogP) is 2.09. The van der Waals surface area contributed by atoms with Crippen LogP contribution in [0.2, 0.25) is 0 Å². The topological polar surface area (TPSA) is 54.5 Å². The predicted molar refractivity (Wildman–Crippen MR) is 82.6 cm³/mol. The van der Waals surface area contributed by atoms with Gasteiger partial charge < -0.3 is 15.0 Å². The first-order chi connectivity index (χ1) is 10.3. The van der Waals surface area contributed by atoms with Gasteiger partial charge in [0.2, 0.25) is 5.88 Å². The fourth-order valence-corrected chi connectivity index (χ4v) is 2.60. The van der Waals surface area contributed by atoms with Gasteiger partial charge in [-0.2, -0.15) is 0 Å². The first-order valence-corrected chi connectivity index (χ1v) is 7.89. The molecule has 0 aliphatic carbocycles. The Morgan fingerprint density at radius 2 is 2.19 bits per heavy atom. The lowest BCUT2D eigenvalue weighted by molar-refractivity contribution is 0.0946. The zero-order chi connectivity index (χ0) is 14.9. The van der Waals surface area contributed by atoms with Crippen LogP contribution < -0.4 is 10.1 Å². The molecule has 0 atom stereocenters. The molecule has 0 bridgehead atoms. The van der Waals surface area contributed by atoms with Gasteiger partial charge in [0.25, 0.3) is 5.91 Å². The van der Waals surface area contributed by atoms with Crippen LogP contribution in [0.25, 0.3) is 0 Å². The molecule has 0 unspecified atom stereocenters. The van der Waals surface area contributed by atoms with E-state index in [-0.39, 0.29) is 5.91 Å². The van der Waals surface area contributed by atoms with E-state index in [0.717, 1.165) is 13.0 Å². The maximum Gasteiger partial charge on any atom is 0.256 e. The van der Waals surface area contributed by atoms with Crippen molar-refractivity contribution in [3.05, 3.63) is 23.9 Å². The van der Waals surface area contributed by atoms with Crippen molar-refractivity contribution < 1.29 is 9.53 Å². The first kappa shape index (κ1) is 15.8. The summed E-state index contributed by atoms with van der Waals surface area (Å²) >= 11 is 0. The Morgan fingerprint density at radius 3 is 2.95 bits per heavy atom. The number of pyridine rings is 1. The van der Waals surface area contributed by atoms with Gasteiger partial charge in [0.1, 0.15) is 5.56 Å². The van der Waals surface area contributed by atoms with Crippen molar-refractivity contribution in [2.24, 2.45) is 0 Å². The summed E-state index contributed by atoms with van der Waals surface area (Å²) in [5.41, 5.74) is 0.511. The molecule has 1 aliphatic rings. The number of nitrogens with one attached hydrogen (secondary N) is 1. The van der Waals surface area contributed by atoms with E-state index in [0.29, 0.717) is 24.6 Å². The summed E-state index contributed by atoms with van der Waals surface area (Å²) in [5, 5.41) is 2.95. The molecular formula is C16H25N3O2. The minimum absolute atomic E-state index is 0.106. The van der Waals surface area contributed by atoms with Crippen molar-refractivity contribution in [1.29, 1.82) is 0 Å². The summed E-state index contributed by atoms with van der Waals surface area (Å²) in [6.45, 7) is 6.54. The average molecular weight is 291 g/mol. The van der Waals surface area contributed by atoms with Crippen LogP contribution in [0.3, 0.4) is 0 Å². The van der Waals surface area contributed by atoms with Crippen LogP contribution in [0, 0.1) is 0 Å². The normalized spacial score (nSPS) is 15.7. The zero-order valence-electron chi connectivity index (χ0n) is 12.8. The molecule has 1 fully saturated rings. The SMILES string of the molecule is CCOc1ncccc1C(=O)NCCCN1CCCCC1. The van der Waals surface area contributed by atoms with Crippen molar-refractivity contribution in [3.8, 4) is 5.88 Å². The van der Waals surface area contributed by atoms with Crippen molar-refractivity contribution >= 4 is 5.91 Å². The summed E-state index contributed by atoms with van der Waals surface area (Å²) in [5.74, 6) is 0.304. The van der Waals surface area contributed by atoms with E-state index in [1.165, 1.54) is 32.4 Å². The van der Waals surface area contributed by atoms with Crippen LogP contribution in [-0.2, 0) is 0 Å². The van der Waals surface area contributed by atoms with Gasteiger partial charge in [-0.05, 0) is 58.0 Å².